The predicted molar refractivity (Wildman–Crippen MR) is 137 cm³/mol. The first kappa shape index (κ1) is 27.1. The summed E-state index contributed by atoms with van der Waals surface area (Å²) in [7, 11) is -2.74. The lowest BCUT2D eigenvalue weighted by atomic mass is 10.2. The molecule has 0 saturated heterocycles. The average Bonchev–Trinajstić information content (AvgIpc) is 2.81. The number of methoxy groups -OCH3 is 1. The number of sulfonamides is 1. The van der Waals surface area contributed by atoms with Gasteiger partial charge in [-0.1, -0.05) is 45.2 Å². The van der Waals surface area contributed by atoms with E-state index < -0.39 is 34.8 Å². The van der Waals surface area contributed by atoms with Gasteiger partial charge in [-0.05, 0) is 54.6 Å². The van der Waals surface area contributed by atoms with Crippen LogP contribution in [0.15, 0.2) is 75.1 Å². The van der Waals surface area contributed by atoms with Crippen LogP contribution in [0.25, 0.3) is 0 Å². The smallest absolute Gasteiger partial charge is 0.255 e. The number of halogens is 4. The number of hydrazone groups is 1. The molecule has 3 aromatic carbocycles. The fourth-order valence-corrected chi connectivity index (χ4v) is 5.11. The number of carbonyl (C=O) groups excluding carboxylic acids is 1. The van der Waals surface area contributed by atoms with Crippen molar-refractivity contribution in [1.29, 1.82) is 0 Å². The summed E-state index contributed by atoms with van der Waals surface area (Å²) in [5.41, 5.74) is 2.79. The van der Waals surface area contributed by atoms with Crippen LogP contribution in [-0.2, 0) is 21.4 Å². The van der Waals surface area contributed by atoms with Crippen molar-refractivity contribution >= 4 is 61.3 Å². The van der Waals surface area contributed by atoms with Gasteiger partial charge in [-0.25, -0.2) is 18.2 Å². The van der Waals surface area contributed by atoms with Crippen molar-refractivity contribution in [2.24, 2.45) is 5.10 Å². The number of nitrogens with zero attached hydrogens (tertiary/aromatic N) is 2. The number of hydrogen-bond acceptors (Lipinski definition) is 5. The van der Waals surface area contributed by atoms with E-state index in [4.69, 9.17) is 27.9 Å². The van der Waals surface area contributed by atoms with Crippen LogP contribution >= 0.6 is 39.1 Å². The third-order valence-corrected chi connectivity index (χ3v) is 7.66. The zero-order chi connectivity index (χ0) is 25.6. The molecular formula is C23H19BrCl2FN3O4S. The van der Waals surface area contributed by atoms with Crippen molar-refractivity contribution in [3.63, 3.8) is 0 Å². The van der Waals surface area contributed by atoms with Crippen molar-refractivity contribution < 1.29 is 22.3 Å². The molecule has 0 radical (unpaired) electrons. The van der Waals surface area contributed by atoms with Gasteiger partial charge in [0.25, 0.3) is 5.91 Å². The van der Waals surface area contributed by atoms with E-state index in [0.717, 1.165) is 14.8 Å². The Balaban J connectivity index is 1.86. The van der Waals surface area contributed by atoms with Crippen LogP contribution in [-0.4, -0.2) is 38.5 Å². The molecule has 0 aromatic heterocycles. The quantitative estimate of drug-likeness (QED) is 0.268. The predicted octanol–water partition coefficient (Wildman–Crippen LogP) is 5.24. The fourth-order valence-electron chi connectivity index (χ4n) is 3.02. The number of carbonyl (C=O) groups is 1. The van der Waals surface area contributed by atoms with Crippen molar-refractivity contribution in [2.45, 2.75) is 11.4 Å². The van der Waals surface area contributed by atoms with Gasteiger partial charge < -0.3 is 4.74 Å². The van der Waals surface area contributed by atoms with Gasteiger partial charge in [0.1, 0.15) is 11.6 Å². The normalized spacial score (nSPS) is 11.7. The van der Waals surface area contributed by atoms with Gasteiger partial charge in [0.05, 0.1) is 24.8 Å². The molecule has 0 spiro atoms. The second-order valence-corrected chi connectivity index (χ2v) is 10.8. The van der Waals surface area contributed by atoms with Gasteiger partial charge >= 0.3 is 0 Å². The van der Waals surface area contributed by atoms with Crippen molar-refractivity contribution in [3.8, 4) is 5.75 Å². The molecule has 12 heteroatoms. The maximum Gasteiger partial charge on any atom is 0.255 e. The third kappa shape index (κ3) is 7.02. The molecule has 7 nitrogen and oxygen atoms in total. The van der Waals surface area contributed by atoms with E-state index in [1.807, 2.05) is 0 Å². The Morgan fingerprint density at radius 2 is 1.89 bits per heavy atom. The van der Waals surface area contributed by atoms with Gasteiger partial charge in [-0.15, -0.1) is 0 Å². The van der Waals surface area contributed by atoms with E-state index in [-0.39, 0.29) is 15.5 Å². The Labute approximate surface area is 220 Å². The SMILES string of the molecule is COc1ccc(Br)cc1/C=N\NC(=O)CN(Cc1c(F)cccc1Cl)S(=O)(=O)c1ccc(Cl)cc1. The second-order valence-electron chi connectivity index (χ2n) is 7.11. The first-order chi connectivity index (χ1) is 16.6. The molecule has 1 amide bonds. The van der Waals surface area contributed by atoms with E-state index >= 15 is 0 Å². The zero-order valence-electron chi connectivity index (χ0n) is 18.2. The van der Waals surface area contributed by atoms with Crippen molar-refractivity contribution in [3.05, 3.63) is 92.1 Å². The molecule has 0 aliphatic rings. The van der Waals surface area contributed by atoms with Crippen LogP contribution in [0, 0.1) is 5.82 Å². The fraction of sp³-hybridized carbons (Fsp3) is 0.130. The summed E-state index contributed by atoms with van der Waals surface area (Å²) >= 11 is 15.3. The molecule has 3 rings (SSSR count). The number of amides is 1. The van der Waals surface area contributed by atoms with Crippen LogP contribution in [0.3, 0.4) is 0 Å². The van der Waals surface area contributed by atoms with Crippen LogP contribution in [0.5, 0.6) is 5.75 Å². The summed E-state index contributed by atoms with van der Waals surface area (Å²) in [6.07, 6.45) is 1.35. The van der Waals surface area contributed by atoms with Crippen LogP contribution in [0.1, 0.15) is 11.1 Å². The lowest BCUT2D eigenvalue weighted by Gasteiger charge is -2.22. The minimum absolute atomic E-state index is 0.0292. The van der Waals surface area contributed by atoms with Gasteiger partial charge in [-0.2, -0.15) is 9.41 Å². The Morgan fingerprint density at radius 3 is 2.54 bits per heavy atom. The highest BCUT2D eigenvalue weighted by Gasteiger charge is 2.28. The molecule has 0 bridgehead atoms. The molecule has 0 aliphatic heterocycles. The maximum atomic E-state index is 14.4. The third-order valence-electron chi connectivity index (χ3n) is 4.75. The molecule has 3 aromatic rings. The van der Waals surface area contributed by atoms with Crippen molar-refractivity contribution in [1.82, 2.24) is 9.73 Å². The first-order valence-corrected chi connectivity index (χ1v) is 12.9. The van der Waals surface area contributed by atoms with E-state index in [2.05, 4.69) is 26.5 Å². The molecule has 0 atom stereocenters. The highest BCUT2D eigenvalue weighted by Crippen LogP contribution is 2.25. The monoisotopic (exact) mass is 601 g/mol. The van der Waals surface area contributed by atoms with Crippen molar-refractivity contribution in [2.75, 3.05) is 13.7 Å². The van der Waals surface area contributed by atoms with Gasteiger partial charge in [-0.3, -0.25) is 4.79 Å². The van der Waals surface area contributed by atoms with E-state index in [9.17, 15) is 17.6 Å². The van der Waals surface area contributed by atoms with Gasteiger partial charge in [0.2, 0.25) is 10.0 Å². The Bertz CT molecular complexity index is 1340. The van der Waals surface area contributed by atoms with Crippen LogP contribution in [0.4, 0.5) is 4.39 Å². The first-order valence-electron chi connectivity index (χ1n) is 9.96. The standard InChI is InChI=1S/C23H19BrCl2FN3O4S/c1-34-22-10-5-16(24)11-15(22)12-28-29-23(31)14-30(13-19-20(26)3-2-4-21(19)27)35(32,33)18-8-6-17(25)7-9-18/h2-12H,13-14H2,1H3,(H,29,31)/b28-12-. The molecule has 0 aliphatic carbocycles. The summed E-state index contributed by atoms with van der Waals surface area (Å²) in [6, 6.07) is 14.6. The van der Waals surface area contributed by atoms with Gasteiger partial charge in [0, 0.05) is 32.2 Å². The lowest BCUT2D eigenvalue weighted by Crippen LogP contribution is -2.39. The highest BCUT2D eigenvalue weighted by atomic mass is 79.9. The summed E-state index contributed by atoms with van der Waals surface area (Å²) < 4.78 is 47.8. The topological polar surface area (TPSA) is 88.1 Å². The Kier molecular flexibility index (Phi) is 9.26. The maximum absolute atomic E-state index is 14.4. The molecule has 0 heterocycles. The highest BCUT2D eigenvalue weighted by molar-refractivity contribution is 9.10. The van der Waals surface area contributed by atoms with Crippen LogP contribution in [0.2, 0.25) is 10.0 Å². The summed E-state index contributed by atoms with van der Waals surface area (Å²) in [5, 5.41) is 4.25. The number of ether oxygens (including phenoxy) is 1. The van der Waals surface area contributed by atoms with E-state index in [1.165, 1.54) is 49.7 Å². The number of benzene rings is 3. The molecule has 35 heavy (non-hydrogen) atoms. The summed E-state index contributed by atoms with van der Waals surface area (Å²) in [6.45, 7) is -1.13. The molecule has 1 N–H and O–H groups in total. The van der Waals surface area contributed by atoms with Crippen LogP contribution < -0.4 is 10.2 Å². The molecule has 184 valence electrons. The number of nitrogens with one attached hydrogen (secondary N) is 1. The number of rotatable bonds is 9. The average molecular weight is 603 g/mol. The molecule has 0 fully saturated rings. The number of hydrogen-bond donors (Lipinski definition) is 1. The Hall–Kier alpha value is -2.50. The van der Waals surface area contributed by atoms with E-state index in [0.29, 0.717) is 16.3 Å². The summed E-state index contributed by atoms with van der Waals surface area (Å²) in [5.74, 6) is -0.929. The molecule has 0 unspecified atom stereocenters. The lowest BCUT2D eigenvalue weighted by molar-refractivity contribution is -0.121. The minimum atomic E-state index is -4.23. The molecular weight excluding hydrogens is 584 g/mol. The second kappa shape index (κ2) is 12.0. The van der Waals surface area contributed by atoms with Gasteiger partial charge in [0.15, 0.2) is 0 Å². The zero-order valence-corrected chi connectivity index (χ0v) is 22.1. The Morgan fingerprint density at radius 1 is 1.17 bits per heavy atom. The largest absolute Gasteiger partial charge is 0.496 e. The minimum Gasteiger partial charge on any atom is -0.496 e. The summed E-state index contributed by atoms with van der Waals surface area (Å²) in [4.78, 5) is 12.5. The van der Waals surface area contributed by atoms with E-state index in [1.54, 1.807) is 18.2 Å². The molecule has 0 saturated carbocycles.